The van der Waals surface area contributed by atoms with Crippen LogP contribution in [0.25, 0.3) is 0 Å². The van der Waals surface area contributed by atoms with Gasteiger partial charge in [0.05, 0.1) is 21.5 Å². The summed E-state index contributed by atoms with van der Waals surface area (Å²) in [6.07, 6.45) is 0.0307. The number of sulfone groups is 1. The maximum Gasteiger partial charge on any atom is 0.225 e. The first kappa shape index (κ1) is 20.3. The maximum atomic E-state index is 13.6. The van der Waals surface area contributed by atoms with Crippen molar-refractivity contribution in [1.29, 1.82) is 0 Å². The van der Waals surface area contributed by atoms with Gasteiger partial charge in [0.1, 0.15) is 5.82 Å². The molecular weight excluding hydrogens is 403 g/mol. The van der Waals surface area contributed by atoms with Gasteiger partial charge in [-0.05, 0) is 37.3 Å². The Morgan fingerprint density at radius 3 is 2.79 bits per heavy atom. The molecule has 0 saturated carbocycles. The van der Waals surface area contributed by atoms with E-state index in [4.69, 9.17) is 0 Å². The lowest BCUT2D eigenvalue weighted by Gasteiger charge is -2.15. The zero-order chi connectivity index (χ0) is 20.3. The van der Waals surface area contributed by atoms with Crippen LogP contribution in [0.2, 0.25) is 0 Å². The zero-order valence-electron chi connectivity index (χ0n) is 15.1. The van der Waals surface area contributed by atoms with Crippen molar-refractivity contribution < 1.29 is 22.4 Å². The Hall–Kier alpha value is -2.39. The fourth-order valence-corrected chi connectivity index (χ4v) is 5.06. The van der Waals surface area contributed by atoms with E-state index in [1.807, 2.05) is 0 Å². The number of para-hydroxylation sites is 1. The van der Waals surface area contributed by atoms with Crippen molar-refractivity contribution in [3.63, 3.8) is 0 Å². The summed E-state index contributed by atoms with van der Waals surface area (Å²) >= 11 is 1.48. The van der Waals surface area contributed by atoms with Gasteiger partial charge < -0.3 is 10.6 Å². The molecule has 1 unspecified atom stereocenters. The molecule has 3 rings (SSSR count). The number of rotatable bonds is 5. The smallest absolute Gasteiger partial charge is 0.225 e. The lowest BCUT2D eigenvalue weighted by Crippen LogP contribution is -2.25. The second kappa shape index (κ2) is 8.32. The minimum Gasteiger partial charge on any atom is -0.325 e. The Morgan fingerprint density at radius 1 is 1.29 bits per heavy atom. The molecule has 1 aliphatic heterocycles. The van der Waals surface area contributed by atoms with Crippen molar-refractivity contribution in [3.8, 4) is 0 Å². The molecule has 28 heavy (non-hydrogen) atoms. The molecule has 2 N–H and O–H groups in total. The SMILES string of the molecule is CC(CC(=O)Nc1ccccc1F)S(=O)(=O)c1ccc2c(c1)NC(=O)CCS2. The molecule has 0 fully saturated rings. The lowest BCUT2D eigenvalue weighted by molar-refractivity contribution is -0.116. The monoisotopic (exact) mass is 422 g/mol. The molecular formula is C19H19FN2O4S2. The van der Waals surface area contributed by atoms with Crippen molar-refractivity contribution in [1.82, 2.24) is 0 Å². The largest absolute Gasteiger partial charge is 0.325 e. The Bertz CT molecular complexity index is 1020. The van der Waals surface area contributed by atoms with Crippen molar-refractivity contribution in [2.45, 2.75) is 34.8 Å². The number of carbonyl (C=O) groups excluding carboxylic acids is 2. The number of anilines is 2. The van der Waals surface area contributed by atoms with E-state index in [1.54, 1.807) is 12.1 Å². The Labute approximate surface area is 166 Å². The van der Waals surface area contributed by atoms with Gasteiger partial charge in [0.15, 0.2) is 9.84 Å². The number of hydrogen-bond acceptors (Lipinski definition) is 5. The van der Waals surface area contributed by atoms with Crippen LogP contribution in [0.4, 0.5) is 15.8 Å². The van der Waals surface area contributed by atoms with E-state index in [0.29, 0.717) is 17.9 Å². The van der Waals surface area contributed by atoms with E-state index >= 15 is 0 Å². The van der Waals surface area contributed by atoms with Crippen LogP contribution in [0.5, 0.6) is 0 Å². The van der Waals surface area contributed by atoms with Crippen molar-refractivity contribution in [2.24, 2.45) is 0 Å². The predicted octanol–water partition coefficient (Wildman–Crippen LogP) is 3.45. The van der Waals surface area contributed by atoms with Crippen molar-refractivity contribution >= 4 is 44.8 Å². The van der Waals surface area contributed by atoms with Crippen LogP contribution in [0.1, 0.15) is 19.8 Å². The lowest BCUT2D eigenvalue weighted by atomic mass is 10.2. The number of nitrogens with one attached hydrogen (secondary N) is 2. The third-order valence-electron chi connectivity index (χ3n) is 4.29. The molecule has 1 heterocycles. The Kier molecular flexibility index (Phi) is 6.04. The van der Waals surface area contributed by atoms with Gasteiger partial charge in [-0.3, -0.25) is 9.59 Å². The quantitative estimate of drug-likeness (QED) is 0.770. The molecule has 2 amide bonds. The van der Waals surface area contributed by atoms with E-state index in [0.717, 1.165) is 4.90 Å². The summed E-state index contributed by atoms with van der Waals surface area (Å²) in [7, 11) is -3.81. The van der Waals surface area contributed by atoms with Crippen molar-refractivity contribution in [2.75, 3.05) is 16.4 Å². The molecule has 9 heteroatoms. The van der Waals surface area contributed by atoms with Gasteiger partial charge in [-0.15, -0.1) is 11.8 Å². The number of amides is 2. The van der Waals surface area contributed by atoms with Crippen LogP contribution in [-0.2, 0) is 19.4 Å². The van der Waals surface area contributed by atoms with Crippen LogP contribution in [0.3, 0.4) is 0 Å². The van der Waals surface area contributed by atoms with E-state index in [9.17, 15) is 22.4 Å². The van der Waals surface area contributed by atoms with Crippen LogP contribution >= 0.6 is 11.8 Å². The summed E-state index contributed by atoms with van der Waals surface area (Å²) in [5.74, 6) is -0.736. The summed E-state index contributed by atoms with van der Waals surface area (Å²) < 4.78 is 39.4. The Morgan fingerprint density at radius 2 is 2.04 bits per heavy atom. The average Bonchev–Trinajstić information content (AvgIpc) is 2.83. The molecule has 6 nitrogen and oxygen atoms in total. The molecule has 0 saturated heterocycles. The highest BCUT2D eigenvalue weighted by molar-refractivity contribution is 7.99. The molecule has 1 aliphatic rings. The summed E-state index contributed by atoms with van der Waals surface area (Å²) in [5.41, 5.74) is 0.457. The second-order valence-electron chi connectivity index (χ2n) is 6.39. The van der Waals surface area contributed by atoms with E-state index in [1.165, 1.54) is 49.0 Å². The standard InChI is InChI=1S/C19H19FN2O4S2/c1-12(10-19(24)21-15-5-3-2-4-14(15)20)28(25,26)13-6-7-17-16(11-13)22-18(23)8-9-27-17/h2-7,11-12H,8-10H2,1H3,(H,21,24)(H,22,23). The molecule has 0 radical (unpaired) electrons. The molecule has 0 bridgehead atoms. The molecule has 0 aliphatic carbocycles. The number of hydrogen-bond donors (Lipinski definition) is 2. The fourth-order valence-electron chi connectivity index (χ4n) is 2.74. The minimum atomic E-state index is -3.81. The van der Waals surface area contributed by atoms with Crippen molar-refractivity contribution in [3.05, 3.63) is 48.3 Å². The fraction of sp³-hybridized carbons (Fsp3) is 0.263. The van der Waals surface area contributed by atoms with Gasteiger partial charge in [0.25, 0.3) is 0 Å². The van der Waals surface area contributed by atoms with Gasteiger partial charge in [-0.1, -0.05) is 12.1 Å². The van der Waals surface area contributed by atoms with Gasteiger partial charge in [-0.2, -0.15) is 0 Å². The van der Waals surface area contributed by atoms with Gasteiger partial charge in [0, 0.05) is 23.5 Å². The van der Waals surface area contributed by atoms with Crippen LogP contribution in [0.15, 0.2) is 52.3 Å². The van der Waals surface area contributed by atoms with Crippen LogP contribution < -0.4 is 10.6 Å². The zero-order valence-corrected chi connectivity index (χ0v) is 16.7. The highest BCUT2D eigenvalue weighted by Gasteiger charge is 2.27. The maximum absolute atomic E-state index is 13.6. The summed E-state index contributed by atoms with van der Waals surface area (Å²) in [6, 6.07) is 10.2. The molecule has 148 valence electrons. The number of halogens is 1. The normalized spacial score (nSPS) is 15.1. The minimum absolute atomic E-state index is 0.00173. The van der Waals surface area contributed by atoms with E-state index in [-0.39, 0.29) is 22.9 Å². The topological polar surface area (TPSA) is 92.3 Å². The first-order valence-electron chi connectivity index (χ1n) is 8.62. The number of fused-ring (bicyclic) bond motifs is 1. The predicted molar refractivity (Wildman–Crippen MR) is 107 cm³/mol. The molecule has 2 aromatic rings. The Balaban J connectivity index is 1.76. The number of carbonyl (C=O) groups is 2. The number of thioether (sulfide) groups is 1. The van der Waals surface area contributed by atoms with E-state index < -0.39 is 26.8 Å². The molecule has 1 atom stereocenters. The first-order chi connectivity index (χ1) is 13.3. The second-order valence-corrected chi connectivity index (χ2v) is 9.90. The first-order valence-corrected chi connectivity index (χ1v) is 11.2. The molecule has 2 aromatic carbocycles. The van der Waals surface area contributed by atoms with Crippen LogP contribution in [0, 0.1) is 5.82 Å². The highest BCUT2D eigenvalue weighted by Crippen LogP contribution is 2.33. The van der Waals surface area contributed by atoms with Gasteiger partial charge in [-0.25, -0.2) is 12.8 Å². The third-order valence-corrected chi connectivity index (χ3v) is 7.50. The molecule has 0 aromatic heterocycles. The average molecular weight is 423 g/mol. The third kappa shape index (κ3) is 4.53. The van der Waals surface area contributed by atoms with Crippen LogP contribution in [-0.4, -0.2) is 31.2 Å². The number of benzene rings is 2. The summed E-state index contributed by atoms with van der Waals surface area (Å²) in [6.45, 7) is 1.43. The highest BCUT2D eigenvalue weighted by atomic mass is 32.2. The summed E-state index contributed by atoms with van der Waals surface area (Å²) in [5, 5.41) is 4.08. The van der Waals surface area contributed by atoms with Gasteiger partial charge >= 0.3 is 0 Å². The van der Waals surface area contributed by atoms with E-state index in [2.05, 4.69) is 10.6 Å². The summed E-state index contributed by atoms with van der Waals surface area (Å²) in [4.78, 5) is 24.7. The van der Waals surface area contributed by atoms with Gasteiger partial charge in [0.2, 0.25) is 11.8 Å². The molecule has 0 spiro atoms.